The number of hydrogen-bond donors (Lipinski definition) is 2. The van der Waals surface area contributed by atoms with Crippen LogP contribution in [-0.2, 0) is 9.59 Å². The standard InChI is InChI=1S/C12H19NO3/c1-7(2)5-6-13-10(14)8-9(11(15)16)12(8,3)4/h5,8-9H,6H2,1-4H3,(H,13,14)(H,15,16). The summed E-state index contributed by atoms with van der Waals surface area (Å²) in [5, 5.41) is 11.7. The molecule has 0 aliphatic heterocycles. The Kier molecular flexibility index (Phi) is 3.41. The molecule has 2 unspecified atom stereocenters. The fourth-order valence-electron chi connectivity index (χ4n) is 2.05. The van der Waals surface area contributed by atoms with Crippen molar-refractivity contribution in [3.8, 4) is 0 Å². The molecule has 0 aromatic rings. The molecule has 0 bridgehead atoms. The molecular formula is C12H19NO3. The van der Waals surface area contributed by atoms with Gasteiger partial charge in [0, 0.05) is 6.54 Å². The molecule has 1 aliphatic rings. The molecule has 2 atom stereocenters. The Hall–Kier alpha value is -1.32. The summed E-state index contributed by atoms with van der Waals surface area (Å²) < 4.78 is 0. The van der Waals surface area contributed by atoms with E-state index in [1.807, 2.05) is 33.8 Å². The van der Waals surface area contributed by atoms with E-state index in [9.17, 15) is 9.59 Å². The van der Waals surface area contributed by atoms with Crippen LogP contribution in [0.2, 0.25) is 0 Å². The molecular weight excluding hydrogens is 206 g/mol. The molecule has 0 saturated heterocycles. The van der Waals surface area contributed by atoms with E-state index in [0.29, 0.717) is 6.54 Å². The van der Waals surface area contributed by atoms with Crippen molar-refractivity contribution in [2.75, 3.05) is 6.54 Å². The van der Waals surface area contributed by atoms with Gasteiger partial charge in [-0.05, 0) is 19.3 Å². The Morgan fingerprint density at radius 1 is 1.31 bits per heavy atom. The lowest BCUT2D eigenvalue weighted by Crippen LogP contribution is -2.27. The predicted octanol–water partition coefficient (Wildman–Crippen LogP) is 1.43. The largest absolute Gasteiger partial charge is 0.481 e. The lowest BCUT2D eigenvalue weighted by Gasteiger charge is -2.03. The van der Waals surface area contributed by atoms with Gasteiger partial charge in [-0.1, -0.05) is 25.5 Å². The van der Waals surface area contributed by atoms with Gasteiger partial charge in [-0.15, -0.1) is 0 Å². The number of carboxylic acids is 1. The summed E-state index contributed by atoms with van der Waals surface area (Å²) in [6, 6.07) is 0. The highest BCUT2D eigenvalue weighted by Crippen LogP contribution is 2.58. The highest BCUT2D eigenvalue weighted by Gasteiger charge is 2.65. The number of carbonyl (C=O) groups is 2. The number of rotatable bonds is 4. The third-order valence-electron chi connectivity index (χ3n) is 3.16. The zero-order valence-corrected chi connectivity index (χ0v) is 10.2. The molecule has 0 spiro atoms. The zero-order chi connectivity index (χ0) is 12.5. The second-order valence-electron chi connectivity index (χ2n) is 5.14. The fraction of sp³-hybridized carbons (Fsp3) is 0.667. The maximum Gasteiger partial charge on any atom is 0.307 e. The summed E-state index contributed by atoms with van der Waals surface area (Å²) >= 11 is 0. The van der Waals surface area contributed by atoms with E-state index in [2.05, 4.69) is 5.32 Å². The average Bonchev–Trinajstić information content (AvgIpc) is 2.68. The van der Waals surface area contributed by atoms with Crippen molar-refractivity contribution < 1.29 is 14.7 Å². The summed E-state index contributed by atoms with van der Waals surface area (Å²) in [7, 11) is 0. The molecule has 1 amide bonds. The Morgan fingerprint density at radius 2 is 1.88 bits per heavy atom. The van der Waals surface area contributed by atoms with Gasteiger partial charge >= 0.3 is 5.97 Å². The molecule has 1 saturated carbocycles. The average molecular weight is 225 g/mol. The first-order valence-electron chi connectivity index (χ1n) is 5.42. The second-order valence-corrected chi connectivity index (χ2v) is 5.14. The van der Waals surface area contributed by atoms with Gasteiger partial charge < -0.3 is 10.4 Å². The lowest BCUT2D eigenvalue weighted by atomic mass is 10.1. The van der Waals surface area contributed by atoms with E-state index in [4.69, 9.17) is 5.11 Å². The maximum atomic E-state index is 11.7. The van der Waals surface area contributed by atoms with Crippen molar-refractivity contribution in [1.82, 2.24) is 5.32 Å². The Morgan fingerprint density at radius 3 is 2.25 bits per heavy atom. The van der Waals surface area contributed by atoms with Crippen molar-refractivity contribution in [2.24, 2.45) is 17.3 Å². The molecule has 0 aromatic heterocycles. The number of nitrogens with one attached hydrogen (secondary N) is 1. The van der Waals surface area contributed by atoms with Gasteiger partial charge in [0.05, 0.1) is 11.8 Å². The van der Waals surface area contributed by atoms with Crippen LogP contribution in [0.15, 0.2) is 11.6 Å². The summed E-state index contributed by atoms with van der Waals surface area (Å²) in [5.41, 5.74) is 0.714. The van der Waals surface area contributed by atoms with Crippen LogP contribution < -0.4 is 5.32 Å². The highest BCUT2D eigenvalue weighted by atomic mass is 16.4. The molecule has 2 N–H and O–H groups in total. The topological polar surface area (TPSA) is 66.4 Å². The Bertz CT molecular complexity index is 340. The van der Waals surface area contributed by atoms with Crippen LogP contribution >= 0.6 is 0 Å². The van der Waals surface area contributed by atoms with Crippen LogP contribution in [0.4, 0.5) is 0 Å². The third-order valence-corrected chi connectivity index (χ3v) is 3.16. The van der Waals surface area contributed by atoms with E-state index in [1.165, 1.54) is 0 Å². The number of aliphatic carboxylic acids is 1. The first-order valence-corrected chi connectivity index (χ1v) is 5.42. The van der Waals surface area contributed by atoms with Gasteiger partial charge in [0.2, 0.25) is 5.91 Å². The molecule has 1 fully saturated rings. The predicted molar refractivity (Wildman–Crippen MR) is 60.8 cm³/mol. The molecule has 0 radical (unpaired) electrons. The molecule has 90 valence electrons. The fourth-order valence-corrected chi connectivity index (χ4v) is 2.05. The summed E-state index contributed by atoms with van der Waals surface area (Å²) in [4.78, 5) is 22.6. The molecule has 0 aromatic carbocycles. The van der Waals surface area contributed by atoms with Crippen LogP contribution in [-0.4, -0.2) is 23.5 Å². The van der Waals surface area contributed by atoms with Crippen molar-refractivity contribution >= 4 is 11.9 Å². The van der Waals surface area contributed by atoms with Crippen LogP contribution in [0.25, 0.3) is 0 Å². The van der Waals surface area contributed by atoms with Crippen molar-refractivity contribution in [2.45, 2.75) is 27.7 Å². The summed E-state index contributed by atoms with van der Waals surface area (Å²) in [6.07, 6.45) is 1.91. The molecule has 4 nitrogen and oxygen atoms in total. The second kappa shape index (κ2) is 4.28. The Labute approximate surface area is 95.7 Å². The minimum Gasteiger partial charge on any atom is -0.481 e. The number of carbonyl (C=O) groups excluding carboxylic acids is 1. The number of hydrogen-bond acceptors (Lipinski definition) is 2. The van der Waals surface area contributed by atoms with Gasteiger partial charge in [0.15, 0.2) is 0 Å². The minimum absolute atomic E-state index is 0.157. The van der Waals surface area contributed by atoms with E-state index >= 15 is 0 Å². The van der Waals surface area contributed by atoms with Gasteiger partial charge in [0.1, 0.15) is 0 Å². The van der Waals surface area contributed by atoms with Crippen molar-refractivity contribution in [3.63, 3.8) is 0 Å². The third kappa shape index (κ3) is 2.43. The van der Waals surface area contributed by atoms with E-state index < -0.39 is 23.2 Å². The van der Waals surface area contributed by atoms with Gasteiger partial charge in [-0.3, -0.25) is 9.59 Å². The molecule has 16 heavy (non-hydrogen) atoms. The minimum atomic E-state index is -0.882. The van der Waals surface area contributed by atoms with E-state index in [-0.39, 0.29) is 5.91 Å². The Balaban J connectivity index is 2.51. The monoisotopic (exact) mass is 225 g/mol. The first kappa shape index (κ1) is 12.7. The number of amides is 1. The first-order chi connectivity index (χ1) is 7.28. The number of carboxylic acid groups (broad SMARTS) is 1. The van der Waals surface area contributed by atoms with Crippen LogP contribution in [0.1, 0.15) is 27.7 Å². The van der Waals surface area contributed by atoms with Gasteiger partial charge in [-0.2, -0.15) is 0 Å². The van der Waals surface area contributed by atoms with Crippen LogP contribution in [0.3, 0.4) is 0 Å². The normalized spacial score (nSPS) is 25.8. The summed E-state index contributed by atoms with van der Waals surface area (Å²) in [5.74, 6) is -1.97. The van der Waals surface area contributed by atoms with E-state index in [0.717, 1.165) is 5.57 Å². The van der Waals surface area contributed by atoms with Crippen LogP contribution in [0, 0.1) is 17.3 Å². The molecule has 1 aliphatic carbocycles. The zero-order valence-electron chi connectivity index (χ0n) is 10.2. The van der Waals surface area contributed by atoms with Crippen molar-refractivity contribution in [3.05, 3.63) is 11.6 Å². The van der Waals surface area contributed by atoms with E-state index in [1.54, 1.807) is 0 Å². The summed E-state index contributed by atoms with van der Waals surface area (Å²) in [6.45, 7) is 8.01. The quantitative estimate of drug-likeness (QED) is 0.711. The molecule has 4 heteroatoms. The number of allylic oxidation sites excluding steroid dienone is 1. The lowest BCUT2D eigenvalue weighted by molar-refractivity contribution is -0.140. The van der Waals surface area contributed by atoms with Crippen molar-refractivity contribution in [1.29, 1.82) is 0 Å². The highest BCUT2D eigenvalue weighted by molar-refractivity contribution is 5.91. The SMILES string of the molecule is CC(C)=CCNC(=O)C1C(C(=O)O)C1(C)C. The molecule has 0 heterocycles. The van der Waals surface area contributed by atoms with Gasteiger partial charge in [-0.25, -0.2) is 0 Å². The maximum absolute atomic E-state index is 11.7. The van der Waals surface area contributed by atoms with Gasteiger partial charge in [0.25, 0.3) is 0 Å². The van der Waals surface area contributed by atoms with Crippen LogP contribution in [0.5, 0.6) is 0 Å². The smallest absolute Gasteiger partial charge is 0.307 e. The molecule has 1 rings (SSSR count).